The third-order valence-corrected chi connectivity index (χ3v) is 8.38. The number of thiazole rings is 1. The molecule has 5 N–H and O–H groups in total. The average Bonchev–Trinajstić information content (AvgIpc) is 3.67. The van der Waals surface area contributed by atoms with Crippen molar-refractivity contribution in [1.29, 1.82) is 0 Å². The van der Waals surface area contributed by atoms with Gasteiger partial charge in [-0.2, -0.15) is 0 Å². The van der Waals surface area contributed by atoms with E-state index in [-0.39, 0.29) is 16.9 Å². The molecule has 0 radical (unpaired) electrons. The fourth-order valence-corrected chi connectivity index (χ4v) is 6.57. The molecule has 1 atom stereocenters. The summed E-state index contributed by atoms with van der Waals surface area (Å²) < 4.78 is 2.07. The van der Waals surface area contributed by atoms with Crippen LogP contribution in [0.25, 0.3) is 16.8 Å². The highest BCUT2D eigenvalue weighted by Crippen LogP contribution is 2.57. The van der Waals surface area contributed by atoms with E-state index >= 15 is 0 Å². The first-order valence-electron chi connectivity index (χ1n) is 12.2. The van der Waals surface area contributed by atoms with Crippen LogP contribution < -0.4 is 16.4 Å². The Kier molecular flexibility index (Phi) is 5.71. The van der Waals surface area contributed by atoms with Crippen molar-refractivity contribution < 1.29 is 9.90 Å². The van der Waals surface area contributed by atoms with Crippen LogP contribution in [0, 0.1) is 11.8 Å². The molecule has 1 amide bonds. The summed E-state index contributed by atoms with van der Waals surface area (Å²) in [6, 6.07) is 7.35. The first kappa shape index (κ1) is 23.6. The molecule has 188 valence electrons. The molecule has 37 heavy (non-hydrogen) atoms. The van der Waals surface area contributed by atoms with Crippen molar-refractivity contribution in [3.8, 4) is 23.1 Å². The lowest BCUT2D eigenvalue weighted by Gasteiger charge is -2.29. The molecule has 1 unspecified atom stereocenters. The lowest BCUT2D eigenvalue weighted by Crippen LogP contribution is -2.46. The number of fused-ring (bicyclic) bond motifs is 3. The fourth-order valence-electron chi connectivity index (χ4n) is 6.04. The number of anilines is 2. The van der Waals surface area contributed by atoms with Crippen LogP contribution in [0.3, 0.4) is 0 Å². The molecule has 2 bridgehead atoms. The van der Waals surface area contributed by atoms with Crippen LogP contribution in [0.4, 0.5) is 10.9 Å². The van der Waals surface area contributed by atoms with Crippen LogP contribution in [0.15, 0.2) is 48.2 Å². The van der Waals surface area contributed by atoms with Crippen molar-refractivity contribution in [1.82, 2.24) is 24.7 Å². The molecule has 3 aromatic heterocycles. The highest BCUT2D eigenvalue weighted by molar-refractivity contribution is 7.13. The summed E-state index contributed by atoms with van der Waals surface area (Å²) in [5.74, 6) is 6.75. The minimum absolute atomic E-state index is 0.130. The highest BCUT2D eigenvalue weighted by atomic mass is 32.1. The molecule has 6 rings (SSSR count). The molecule has 0 spiro atoms. The molecule has 2 fully saturated rings. The van der Waals surface area contributed by atoms with Gasteiger partial charge >= 0.3 is 0 Å². The van der Waals surface area contributed by atoms with Gasteiger partial charge in [-0.1, -0.05) is 18.1 Å². The van der Waals surface area contributed by atoms with Crippen LogP contribution in [-0.2, 0) is 5.41 Å². The third-order valence-electron chi connectivity index (χ3n) is 7.70. The topological polar surface area (TPSA) is 130 Å². The number of carbonyl (C=O) groups excluding carboxylic acids is 1. The maximum absolute atomic E-state index is 12.6. The van der Waals surface area contributed by atoms with E-state index in [4.69, 9.17) is 10.7 Å². The fraction of sp³-hybridized carbons (Fsp3) is 0.333. The number of nitrogens with one attached hydrogen (secondary N) is 2. The second-order valence-electron chi connectivity index (χ2n) is 9.86. The van der Waals surface area contributed by atoms with Crippen LogP contribution >= 0.6 is 11.3 Å². The average molecular weight is 514 g/mol. The van der Waals surface area contributed by atoms with Gasteiger partial charge in [-0.05, 0) is 51.2 Å². The van der Waals surface area contributed by atoms with Crippen molar-refractivity contribution in [3.63, 3.8) is 0 Å². The van der Waals surface area contributed by atoms with E-state index in [1.165, 1.54) is 11.3 Å². The van der Waals surface area contributed by atoms with Gasteiger partial charge in [-0.25, -0.2) is 15.0 Å². The monoisotopic (exact) mass is 513 g/mol. The molecule has 10 heteroatoms. The van der Waals surface area contributed by atoms with Crippen LogP contribution in [0.5, 0.6) is 0 Å². The van der Waals surface area contributed by atoms with Gasteiger partial charge < -0.3 is 10.8 Å². The molecule has 2 aliphatic rings. The summed E-state index contributed by atoms with van der Waals surface area (Å²) in [5.41, 5.74) is 9.00. The van der Waals surface area contributed by atoms with Crippen molar-refractivity contribution in [2.75, 3.05) is 11.1 Å². The van der Waals surface area contributed by atoms with Crippen LogP contribution in [0.1, 0.15) is 55.2 Å². The van der Waals surface area contributed by atoms with Gasteiger partial charge in [-0.15, -0.1) is 17.3 Å². The number of nitrogens with two attached hydrogens (primary N) is 1. The van der Waals surface area contributed by atoms with Crippen molar-refractivity contribution >= 4 is 33.7 Å². The maximum atomic E-state index is 12.6. The number of hydrogen-bond acceptors (Lipinski definition) is 8. The van der Waals surface area contributed by atoms with Gasteiger partial charge in [0.25, 0.3) is 5.91 Å². The predicted molar refractivity (Wildman–Crippen MR) is 143 cm³/mol. The van der Waals surface area contributed by atoms with Crippen molar-refractivity contribution in [3.05, 3.63) is 59.6 Å². The third kappa shape index (κ3) is 4.05. The minimum atomic E-state index is -0.836. The Morgan fingerprint density at radius 1 is 1.19 bits per heavy atom. The predicted octanol–water partition coefficient (Wildman–Crippen LogP) is 3.57. The second-order valence-corrected chi connectivity index (χ2v) is 10.8. The van der Waals surface area contributed by atoms with Gasteiger partial charge in [0.1, 0.15) is 22.9 Å². The Labute approximate surface area is 218 Å². The van der Waals surface area contributed by atoms with E-state index in [1.807, 2.05) is 23.7 Å². The van der Waals surface area contributed by atoms with E-state index in [1.54, 1.807) is 31.5 Å². The summed E-state index contributed by atoms with van der Waals surface area (Å²) in [6.45, 7) is 1.73. The summed E-state index contributed by atoms with van der Waals surface area (Å²) >= 11 is 1.37. The molecular weight excluding hydrogens is 486 g/mol. The zero-order valence-corrected chi connectivity index (χ0v) is 21.2. The number of imidazole rings is 1. The number of carbonyl (C=O) groups is 1. The van der Waals surface area contributed by atoms with Gasteiger partial charge in [-0.3, -0.25) is 19.8 Å². The molecule has 0 saturated heterocycles. The van der Waals surface area contributed by atoms with Crippen LogP contribution in [-0.4, -0.2) is 42.1 Å². The maximum Gasteiger partial charge on any atom is 0.257 e. The normalized spacial score (nSPS) is 23.1. The first-order chi connectivity index (χ1) is 17.9. The molecule has 2 aliphatic carbocycles. The smallest absolute Gasteiger partial charge is 0.257 e. The zero-order valence-electron chi connectivity index (χ0n) is 20.4. The Morgan fingerprint density at radius 3 is 2.68 bits per heavy atom. The minimum Gasteiger partial charge on any atom is -0.382 e. The lowest BCUT2D eigenvalue weighted by atomic mass is 9.83. The van der Waals surface area contributed by atoms with E-state index in [9.17, 15) is 9.90 Å². The zero-order chi connectivity index (χ0) is 25.6. The first-order valence-corrected chi connectivity index (χ1v) is 13.1. The van der Waals surface area contributed by atoms with Crippen LogP contribution in [0.2, 0.25) is 0 Å². The Hall–Kier alpha value is -3.78. The number of nitrogens with zero attached hydrogens (tertiary/aromatic N) is 4. The molecule has 1 aromatic carbocycles. The number of rotatable bonds is 6. The number of benzene rings is 1. The van der Waals surface area contributed by atoms with E-state index in [0.29, 0.717) is 16.5 Å². The summed E-state index contributed by atoms with van der Waals surface area (Å²) in [5, 5.41) is 18.9. The number of aliphatic hydroxyl groups is 1. The summed E-state index contributed by atoms with van der Waals surface area (Å²) in [4.78, 5) is 26.2. The van der Waals surface area contributed by atoms with E-state index in [2.05, 4.69) is 36.8 Å². The number of amides is 1. The number of nitrogen functional groups attached to an aromatic ring is 1. The SMILES string of the molecule is CC#CC(O)NC12CCC(c3nc(-c4ccc(C(=O)Nc5nccs5)cc4)c4c(N)nccn34)(CC1)C2. The highest BCUT2D eigenvalue weighted by Gasteiger charge is 2.57. The molecule has 4 aromatic rings. The molecular formula is C27H27N7O2S. The summed E-state index contributed by atoms with van der Waals surface area (Å²) in [6.07, 6.45) is 9.13. The molecule has 9 nitrogen and oxygen atoms in total. The van der Waals surface area contributed by atoms with Gasteiger partial charge in [0.2, 0.25) is 0 Å². The quantitative estimate of drug-likeness (QED) is 0.229. The Bertz CT molecular complexity index is 1520. The standard InChI is InChI=1S/C27H27N7O2S/c1-2-3-19(35)33-27-10-8-26(16-27,9-11-27)24-31-20(21-22(28)29-12-14-34(21)24)17-4-6-18(7-5-17)23(36)32-25-30-13-15-37-25/h4-7,12-15,19,33,35H,8-11,16H2,1H3,(H2,28,29)(H,30,32,36). The van der Waals surface area contributed by atoms with Crippen molar-refractivity contribution in [2.45, 2.75) is 56.2 Å². The van der Waals surface area contributed by atoms with Gasteiger partial charge in [0.05, 0.1) is 0 Å². The number of hydrogen-bond donors (Lipinski definition) is 4. The summed E-state index contributed by atoms with van der Waals surface area (Å²) in [7, 11) is 0. The second kappa shape index (κ2) is 8.95. The number of aromatic nitrogens is 4. The lowest BCUT2D eigenvalue weighted by molar-refractivity contribution is 0.102. The molecule has 0 aliphatic heterocycles. The molecule has 3 heterocycles. The Balaban J connectivity index is 1.34. The Morgan fingerprint density at radius 2 is 1.97 bits per heavy atom. The van der Waals surface area contributed by atoms with E-state index in [0.717, 1.165) is 54.7 Å². The largest absolute Gasteiger partial charge is 0.382 e. The van der Waals surface area contributed by atoms with Gasteiger partial charge in [0.15, 0.2) is 11.4 Å². The van der Waals surface area contributed by atoms with Crippen molar-refractivity contribution in [2.24, 2.45) is 0 Å². The van der Waals surface area contributed by atoms with Gasteiger partial charge in [0, 0.05) is 46.1 Å². The van der Waals surface area contributed by atoms with E-state index < -0.39 is 6.23 Å². The molecule has 2 saturated carbocycles. The number of aliphatic hydroxyl groups excluding tert-OH is 1.